The average molecular weight is 473 g/mol. The first-order valence-corrected chi connectivity index (χ1v) is 11.9. The van der Waals surface area contributed by atoms with Gasteiger partial charge in [0.15, 0.2) is 5.75 Å². The number of nitrogens with zero attached hydrogens (tertiary/aromatic N) is 3. The Labute approximate surface area is 205 Å². The molecule has 1 saturated heterocycles. The summed E-state index contributed by atoms with van der Waals surface area (Å²) >= 11 is 0. The normalized spacial score (nSPS) is 15.5. The van der Waals surface area contributed by atoms with Gasteiger partial charge in [0.1, 0.15) is 23.1 Å². The molecule has 5 rings (SSSR count). The third-order valence-electron chi connectivity index (χ3n) is 6.59. The number of anilines is 1. The molecule has 0 aliphatic carbocycles. The van der Waals surface area contributed by atoms with E-state index in [4.69, 9.17) is 9.73 Å². The van der Waals surface area contributed by atoms with Gasteiger partial charge in [0.2, 0.25) is 5.91 Å². The minimum Gasteiger partial charge on any atom is -0.454 e. The molecule has 35 heavy (non-hydrogen) atoms. The Bertz CT molecular complexity index is 1250. The molecule has 0 radical (unpaired) electrons. The van der Waals surface area contributed by atoms with E-state index in [1.165, 1.54) is 12.1 Å². The molecule has 1 amide bonds. The monoisotopic (exact) mass is 472 g/mol. The molecular weight excluding hydrogens is 443 g/mol. The topological polar surface area (TPSA) is 57.2 Å². The summed E-state index contributed by atoms with van der Waals surface area (Å²) in [4.78, 5) is 22.3. The smallest absolute Gasteiger partial charge is 0.228 e. The van der Waals surface area contributed by atoms with Crippen molar-refractivity contribution in [1.82, 2.24) is 9.80 Å². The summed E-state index contributed by atoms with van der Waals surface area (Å²) < 4.78 is 19.4. The van der Waals surface area contributed by atoms with Crippen LogP contribution in [0.1, 0.15) is 24.0 Å². The van der Waals surface area contributed by atoms with Crippen molar-refractivity contribution in [2.75, 3.05) is 32.5 Å². The largest absolute Gasteiger partial charge is 0.454 e. The minimum absolute atomic E-state index is 0.165. The molecule has 0 aromatic heterocycles. The summed E-state index contributed by atoms with van der Waals surface area (Å²) in [6.45, 7) is 1.79. The van der Waals surface area contributed by atoms with Crippen LogP contribution in [-0.2, 0) is 11.2 Å². The number of halogens is 1. The summed E-state index contributed by atoms with van der Waals surface area (Å²) in [5, 5.41) is 2.97. The Kier molecular flexibility index (Phi) is 6.51. The van der Waals surface area contributed by atoms with Gasteiger partial charge in [-0.3, -0.25) is 4.79 Å². The number of rotatable bonds is 4. The van der Waals surface area contributed by atoms with Crippen LogP contribution < -0.4 is 10.1 Å². The van der Waals surface area contributed by atoms with Gasteiger partial charge in [-0.15, -0.1) is 0 Å². The Morgan fingerprint density at radius 3 is 2.54 bits per heavy atom. The van der Waals surface area contributed by atoms with E-state index in [0.29, 0.717) is 23.2 Å². The molecule has 0 atom stereocenters. The van der Waals surface area contributed by atoms with E-state index in [1.807, 2.05) is 42.5 Å². The standard InChI is InChI=1S/C28H29FN4O2/c1-32(2)22-13-15-33(16-14-22)28-23-18-21(30-27(34)17-19-7-9-20(29)10-8-19)11-12-25(23)35-26-6-4-3-5-24(26)31-28/h3-12,18,22H,13-17H2,1-2H3,(H,30,34). The van der Waals surface area contributed by atoms with Crippen molar-refractivity contribution in [3.63, 3.8) is 0 Å². The highest BCUT2D eigenvalue weighted by Crippen LogP contribution is 2.39. The lowest BCUT2D eigenvalue weighted by Crippen LogP contribution is -2.44. The number of fused-ring (bicyclic) bond motifs is 2. The number of carbonyl (C=O) groups is 1. The number of amidine groups is 1. The lowest BCUT2D eigenvalue weighted by atomic mass is 10.0. The number of para-hydroxylation sites is 2. The molecule has 6 nitrogen and oxygen atoms in total. The van der Waals surface area contributed by atoms with E-state index in [-0.39, 0.29) is 18.1 Å². The highest BCUT2D eigenvalue weighted by molar-refractivity contribution is 6.05. The van der Waals surface area contributed by atoms with Gasteiger partial charge in [-0.25, -0.2) is 9.38 Å². The van der Waals surface area contributed by atoms with Crippen molar-refractivity contribution in [2.24, 2.45) is 4.99 Å². The lowest BCUT2D eigenvalue weighted by molar-refractivity contribution is -0.115. The third-order valence-corrected chi connectivity index (χ3v) is 6.59. The average Bonchev–Trinajstić information content (AvgIpc) is 3.02. The molecule has 2 aliphatic heterocycles. The SMILES string of the molecule is CN(C)C1CCN(C2=Nc3ccccc3Oc3ccc(NC(=O)Cc4ccc(F)cc4)cc32)CC1. The number of hydrogen-bond acceptors (Lipinski definition) is 5. The molecule has 3 aromatic rings. The molecule has 2 aliphatic rings. The molecule has 7 heteroatoms. The molecule has 1 fully saturated rings. The summed E-state index contributed by atoms with van der Waals surface area (Å²) in [6.07, 6.45) is 2.27. The van der Waals surface area contributed by atoms with E-state index in [2.05, 4.69) is 29.2 Å². The van der Waals surface area contributed by atoms with E-state index in [1.54, 1.807) is 12.1 Å². The third kappa shape index (κ3) is 5.20. The molecule has 2 heterocycles. The highest BCUT2D eigenvalue weighted by Gasteiger charge is 2.27. The molecule has 0 bridgehead atoms. The fourth-order valence-electron chi connectivity index (χ4n) is 4.63. The zero-order valence-corrected chi connectivity index (χ0v) is 20.0. The Morgan fingerprint density at radius 1 is 1.06 bits per heavy atom. The van der Waals surface area contributed by atoms with E-state index in [9.17, 15) is 9.18 Å². The van der Waals surface area contributed by atoms with Crippen molar-refractivity contribution >= 4 is 23.1 Å². The van der Waals surface area contributed by atoms with Crippen LogP contribution in [0, 0.1) is 5.82 Å². The molecule has 0 unspecified atom stereocenters. The number of nitrogens with one attached hydrogen (secondary N) is 1. The fourth-order valence-corrected chi connectivity index (χ4v) is 4.63. The molecule has 0 spiro atoms. The maximum absolute atomic E-state index is 13.2. The number of hydrogen-bond donors (Lipinski definition) is 1. The Hall–Kier alpha value is -3.71. The first-order valence-electron chi connectivity index (χ1n) is 11.9. The van der Waals surface area contributed by atoms with Crippen molar-refractivity contribution in [1.29, 1.82) is 0 Å². The van der Waals surface area contributed by atoms with E-state index < -0.39 is 0 Å². The highest BCUT2D eigenvalue weighted by atomic mass is 19.1. The maximum atomic E-state index is 13.2. The molecule has 3 aromatic carbocycles. The van der Waals surface area contributed by atoms with Crippen LogP contribution in [0.4, 0.5) is 15.8 Å². The Morgan fingerprint density at radius 2 is 1.80 bits per heavy atom. The number of carbonyl (C=O) groups excluding carboxylic acids is 1. The second-order valence-electron chi connectivity index (χ2n) is 9.25. The first-order chi connectivity index (χ1) is 17.0. The summed E-state index contributed by atoms with van der Waals surface area (Å²) in [5.41, 5.74) is 3.06. The van der Waals surface area contributed by atoms with Gasteiger partial charge >= 0.3 is 0 Å². The number of amides is 1. The van der Waals surface area contributed by atoms with Crippen molar-refractivity contribution in [2.45, 2.75) is 25.3 Å². The van der Waals surface area contributed by atoms with Gasteiger partial charge in [0, 0.05) is 24.8 Å². The number of ether oxygens (including phenoxy) is 1. The van der Waals surface area contributed by atoms with E-state index in [0.717, 1.165) is 48.6 Å². The summed E-state index contributed by atoms with van der Waals surface area (Å²) in [7, 11) is 4.26. The maximum Gasteiger partial charge on any atom is 0.228 e. The fraction of sp³-hybridized carbons (Fsp3) is 0.286. The first kappa shape index (κ1) is 23.1. The summed E-state index contributed by atoms with van der Waals surface area (Å²) in [6, 6.07) is 19.9. The van der Waals surface area contributed by atoms with Crippen molar-refractivity contribution < 1.29 is 13.9 Å². The predicted molar refractivity (Wildman–Crippen MR) is 136 cm³/mol. The van der Waals surface area contributed by atoms with E-state index >= 15 is 0 Å². The second kappa shape index (κ2) is 9.88. The number of piperidine rings is 1. The Balaban J connectivity index is 1.43. The lowest BCUT2D eigenvalue weighted by Gasteiger charge is -2.37. The van der Waals surface area contributed by atoms with Gasteiger partial charge in [-0.1, -0.05) is 24.3 Å². The van der Waals surface area contributed by atoms with Gasteiger partial charge < -0.3 is 19.9 Å². The van der Waals surface area contributed by atoms with Crippen LogP contribution in [0.3, 0.4) is 0 Å². The molecule has 0 saturated carbocycles. The number of likely N-dealkylation sites (tertiary alicyclic amines) is 1. The van der Waals surface area contributed by atoms with Gasteiger partial charge in [-0.2, -0.15) is 0 Å². The molecular formula is C28H29FN4O2. The van der Waals surface area contributed by atoms with Crippen LogP contribution in [0.25, 0.3) is 0 Å². The van der Waals surface area contributed by atoms with Crippen molar-refractivity contribution in [3.8, 4) is 11.5 Å². The van der Waals surface area contributed by atoms with Crippen LogP contribution in [-0.4, -0.2) is 54.8 Å². The van der Waals surface area contributed by atoms with Crippen LogP contribution in [0.2, 0.25) is 0 Å². The van der Waals surface area contributed by atoms with Gasteiger partial charge in [-0.05, 0) is 75.0 Å². The van der Waals surface area contributed by atoms with Crippen LogP contribution >= 0.6 is 0 Å². The number of benzene rings is 3. The van der Waals surface area contributed by atoms with Gasteiger partial charge in [0.05, 0.1) is 12.0 Å². The second-order valence-corrected chi connectivity index (χ2v) is 9.25. The van der Waals surface area contributed by atoms with Crippen LogP contribution in [0.15, 0.2) is 71.7 Å². The van der Waals surface area contributed by atoms with Crippen LogP contribution in [0.5, 0.6) is 11.5 Å². The number of aliphatic imine (C=N–C) groups is 1. The predicted octanol–water partition coefficient (Wildman–Crippen LogP) is 5.22. The zero-order chi connectivity index (χ0) is 24.4. The van der Waals surface area contributed by atoms with Gasteiger partial charge in [0.25, 0.3) is 0 Å². The quantitative estimate of drug-likeness (QED) is 0.566. The minimum atomic E-state index is -0.317. The molecule has 180 valence electrons. The summed E-state index contributed by atoms with van der Waals surface area (Å²) in [5.74, 6) is 1.79. The zero-order valence-electron chi connectivity index (χ0n) is 20.0. The molecule has 1 N–H and O–H groups in total. The van der Waals surface area contributed by atoms with Crippen molar-refractivity contribution in [3.05, 3.63) is 83.7 Å².